The van der Waals surface area contributed by atoms with E-state index in [1.165, 1.54) is 12.8 Å². The van der Waals surface area contributed by atoms with Crippen LogP contribution in [0.25, 0.3) is 11.0 Å². The first-order valence-electron chi connectivity index (χ1n) is 9.66. The summed E-state index contributed by atoms with van der Waals surface area (Å²) in [4.78, 5) is 24.5. The summed E-state index contributed by atoms with van der Waals surface area (Å²) < 4.78 is 2.01. The van der Waals surface area contributed by atoms with Crippen molar-refractivity contribution in [2.75, 3.05) is 6.54 Å². The van der Waals surface area contributed by atoms with Crippen molar-refractivity contribution >= 4 is 16.9 Å². The number of hydrogen-bond donors (Lipinski definition) is 1. The minimum atomic E-state index is -0.0643. The molecule has 1 atom stereocenters. The van der Waals surface area contributed by atoms with E-state index in [0.717, 1.165) is 23.5 Å². The first-order valence-corrected chi connectivity index (χ1v) is 9.66. The van der Waals surface area contributed by atoms with Crippen LogP contribution in [0.5, 0.6) is 0 Å². The molecule has 3 aromatic rings. The van der Waals surface area contributed by atoms with Gasteiger partial charge in [0.1, 0.15) is 11.5 Å². The van der Waals surface area contributed by atoms with E-state index in [1.54, 1.807) is 12.3 Å². The lowest BCUT2D eigenvalue weighted by Gasteiger charge is -2.35. The van der Waals surface area contributed by atoms with E-state index in [9.17, 15) is 4.79 Å². The molecule has 1 amide bonds. The molecule has 0 saturated heterocycles. The van der Waals surface area contributed by atoms with E-state index in [1.807, 2.05) is 15.6 Å². The molecule has 5 rings (SSSR count). The topological polar surface area (TPSA) is 92.6 Å². The quantitative estimate of drug-likeness (QED) is 0.767. The van der Waals surface area contributed by atoms with Crippen molar-refractivity contribution in [1.29, 1.82) is 0 Å². The summed E-state index contributed by atoms with van der Waals surface area (Å²) in [5.74, 6) is 2.77. The van der Waals surface area contributed by atoms with Crippen LogP contribution in [0.2, 0.25) is 0 Å². The summed E-state index contributed by atoms with van der Waals surface area (Å²) >= 11 is 0. The van der Waals surface area contributed by atoms with Gasteiger partial charge < -0.3 is 4.90 Å². The second-order valence-electron chi connectivity index (χ2n) is 7.97. The smallest absolute Gasteiger partial charge is 0.273 e. The van der Waals surface area contributed by atoms with Crippen LogP contribution in [-0.4, -0.2) is 47.3 Å². The molecule has 1 aliphatic carbocycles. The number of amides is 1. The van der Waals surface area contributed by atoms with Gasteiger partial charge in [-0.25, -0.2) is 14.6 Å². The molecule has 8 heteroatoms. The molecule has 2 aliphatic rings. The lowest BCUT2D eigenvalue weighted by Crippen LogP contribution is -2.43. The Labute approximate surface area is 157 Å². The van der Waals surface area contributed by atoms with Crippen LogP contribution in [0.15, 0.2) is 18.3 Å². The molecule has 8 nitrogen and oxygen atoms in total. The second-order valence-corrected chi connectivity index (χ2v) is 7.97. The zero-order valence-corrected chi connectivity index (χ0v) is 15.6. The number of pyridine rings is 1. The number of aromatic nitrogens is 6. The fourth-order valence-electron chi connectivity index (χ4n) is 3.81. The molecule has 1 N–H and O–H groups in total. The maximum absolute atomic E-state index is 13.3. The Balaban J connectivity index is 1.50. The largest absolute Gasteiger partial charge is 0.325 e. The normalized spacial score (nSPS) is 19.7. The second kappa shape index (κ2) is 6.14. The molecule has 3 aromatic heterocycles. The molecule has 0 aromatic carbocycles. The van der Waals surface area contributed by atoms with Crippen molar-refractivity contribution in [2.45, 2.75) is 51.6 Å². The number of nitrogens with zero attached hydrogens (tertiary/aromatic N) is 6. The molecule has 0 unspecified atom stereocenters. The monoisotopic (exact) mass is 365 g/mol. The van der Waals surface area contributed by atoms with Gasteiger partial charge in [-0.1, -0.05) is 13.8 Å². The standard InChI is InChI=1S/C19H23N7O/c1-11(2)9-15-18-22-17(12-3-4-12)24-26(18)8-7-25(15)19(27)14-6-5-13-10-20-23-16(13)21-14/h5-6,10-12,15H,3-4,7-9H2,1-2H3,(H,20,21,23)/t15-/m0/s1. The van der Waals surface area contributed by atoms with Crippen LogP contribution < -0.4 is 0 Å². The Morgan fingerprint density at radius 2 is 2.11 bits per heavy atom. The van der Waals surface area contributed by atoms with Gasteiger partial charge in [0, 0.05) is 17.8 Å². The van der Waals surface area contributed by atoms with E-state index in [2.05, 4.69) is 29.0 Å². The Morgan fingerprint density at radius 1 is 1.26 bits per heavy atom. The predicted octanol–water partition coefficient (Wildman–Crippen LogP) is 2.67. The molecule has 1 saturated carbocycles. The summed E-state index contributed by atoms with van der Waals surface area (Å²) in [6, 6.07) is 3.60. The van der Waals surface area contributed by atoms with Crippen molar-refractivity contribution < 1.29 is 4.79 Å². The van der Waals surface area contributed by atoms with Crippen molar-refractivity contribution in [1.82, 2.24) is 34.8 Å². The van der Waals surface area contributed by atoms with Crippen molar-refractivity contribution in [2.24, 2.45) is 5.92 Å². The molecule has 0 bridgehead atoms. The lowest BCUT2D eigenvalue weighted by atomic mass is 9.99. The highest BCUT2D eigenvalue weighted by Gasteiger charge is 2.37. The van der Waals surface area contributed by atoms with Gasteiger partial charge in [0.25, 0.3) is 5.91 Å². The summed E-state index contributed by atoms with van der Waals surface area (Å²) in [7, 11) is 0. The highest BCUT2D eigenvalue weighted by molar-refractivity contribution is 5.94. The number of hydrogen-bond acceptors (Lipinski definition) is 5. The van der Waals surface area contributed by atoms with Gasteiger partial charge in [0.15, 0.2) is 11.5 Å². The Bertz CT molecular complexity index is 1000. The summed E-state index contributed by atoms with van der Waals surface area (Å²) in [6.45, 7) is 5.66. The minimum absolute atomic E-state index is 0.0561. The fourth-order valence-corrected chi connectivity index (χ4v) is 3.81. The van der Waals surface area contributed by atoms with Gasteiger partial charge in [-0.3, -0.25) is 9.89 Å². The molecule has 1 aliphatic heterocycles. The fraction of sp³-hybridized carbons (Fsp3) is 0.526. The van der Waals surface area contributed by atoms with Gasteiger partial charge in [-0.05, 0) is 37.3 Å². The third kappa shape index (κ3) is 2.89. The molecular formula is C19H23N7O. The summed E-state index contributed by atoms with van der Waals surface area (Å²) in [5.41, 5.74) is 1.08. The van der Waals surface area contributed by atoms with Gasteiger partial charge in [0.2, 0.25) is 0 Å². The van der Waals surface area contributed by atoms with E-state index < -0.39 is 0 Å². The van der Waals surface area contributed by atoms with E-state index in [-0.39, 0.29) is 11.9 Å². The van der Waals surface area contributed by atoms with Gasteiger partial charge in [-0.2, -0.15) is 10.2 Å². The average molecular weight is 365 g/mol. The molecule has 1 fully saturated rings. The van der Waals surface area contributed by atoms with Gasteiger partial charge >= 0.3 is 0 Å². The van der Waals surface area contributed by atoms with Crippen molar-refractivity contribution in [3.05, 3.63) is 35.7 Å². The summed E-state index contributed by atoms with van der Waals surface area (Å²) in [6.07, 6.45) is 4.92. The third-order valence-corrected chi connectivity index (χ3v) is 5.36. The van der Waals surface area contributed by atoms with Crippen LogP contribution in [0, 0.1) is 5.92 Å². The van der Waals surface area contributed by atoms with Crippen LogP contribution in [0.4, 0.5) is 0 Å². The number of fused-ring (bicyclic) bond motifs is 2. The Morgan fingerprint density at radius 3 is 2.89 bits per heavy atom. The number of carbonyl (C=O) groups is 1. The Kier molecular flexibility index (Phi) is 3.73. The van der Waals surface area contributed by atoms with Crippen LogP contribution in [-0.2, 0) is 6.54 Å². The molecule has 27 heavy (non-hydrogen) atoms. The molecular weight excluding hydrogens is 342 g/mol. The van der Waals surface area contributed by atoms with E-state index >= 15 is 0 Å². The zero-order valence-electron chi connectivity index (χ0n) is 15.6. The highest BCUT2D eigenvalue weighted by atomic mass is 16.2. The molecule has 0 spiro atoms. The van der Waals surface area contributed by atoms with Crippen molar-refractivity contribution in [3.63, 3.8) is 0 Å². The van der Waals surface area contributed by atoms with Crippen LogP contribution in [0.1, 0.15) is 67.2 Å². The maximum atomic E-state index is 13.3. The molecule has 0 radical (unpaired) electrons. The first-order chi connectivity index (χ1) is 13.1. The van der Waals surface area contributed by atoms with Crippen molar-refractivity contribution in [3.8, 4) is 0 Å². The molecule has 140 valence electrons. The zero-order chi connectivity index (χ0) is 18.5. The predicted molar refractivity (Wildman–Crippen MR) is 99.1 cm³/mol. The van der Waals surface area contributed by atoms with Crippen LogP contribution >= 0.6 is 0 Å². The van der Waals surface area contributed by atoms with Crippen LogP contribution in [0.3, 0.4) is 0 Å². The minimum Gasteiger partial charge on any atom is -0.325 e. The Hall–Kier alpha value is -2.77. The van der Waals surface area contributed by atoms with Gasteiger partial charge in [0.05, 0.1) is 18.8 Å². The number of nitrogens with one attached hydrogen (secondary N) is 1. The number of H-pyrrole nitrogens is 1. The first kappa shape index (κ1) is 16.4. The third-order valence-electron chi connectivity index (χ3n) is 5.36. The maximum Gasteiger partial charge on any atom is 0.273 e. The lowest BCUT2D eigenvalue weighted by molar-refractivity contribution is 0.0573. The number of rotatable bonds is 4. The number of carbonyl (C=O) groups excluding carboxylic acids is 1. The SMILES string of the molecule is CC(C)C[C@H]1c2nc(C3CC3)nn2CCN1C(=O)c1ccc2cn[nH]c2n1. The van der Waals surface area contributed by atoms with E-state index in [0.29, 0.717) is 36.3 Å². The van der Waals surface area contributed by atoms with Gasteiger partial charge in [-0.15, -0.1) is 0 Å². The van der Waals surface area contributed by atoms with E-state index in [4.69, 9.17) is 10.1 Å². The summed E-state index contributed by atoms with van der Waals surface area (Å²) in [5, 5.41) is 12.4. The highest BCUT2D eigenvalue weighted by Crippen LogP contribution is 2.40. The number of aromatic amines is 1. The average Bonchev–Trinajstić information content (AvgIpc) is 3.24. The molecule has 4 heterocycles.